The second-order valence-corrected chi connectivity index (χ2v) is 11.0. The Morgan fingerprint density at radius 2 is 1.82 bits per heavy atom. The molecule has 2 heterocycles. The number of nitrogens with one attached hydrogen (secondary N) is 1. The molecule has 1 amide bonds. The number of carbonyl (C=O) groups excluding carboxylic acids is 1. The second kappa shape index (κ2) is 9.20. The van der Waals surface area contributed by atoms with Crippen molar-refractivity contribution >= 4 is 5.91 Å². The number of pyridine rings is 1. The summed E-state index contributed by atoms with van der Waals surface area (Å²) in [7, 11) is 0. The molecule has 1 saturated heterocycles. The molecule has 0 spiro atoms. The minimum atomic E-state index is -4.44. The largest absolute Gasteiger partial charge is 0.433 e. The molecular weight excluding hydrogens is 427 g/mol. The van der Waals surface area contributed by atoms with Crippen molar-refractivity contribution in [2.24, 2.45) is 29.6 Å². The summed E-state index contributed by atoms with van der Waals surface area (Å²) in [6.07, 6.45) is 5.74. The highest BCUT2D eigenvalue weighted by atomic mass is 19.4. The van der Waals surface area contributed by atoms with E-state index in [2.05, 4.69) is 22.1 Å². The Balaban J connectivity index is 1.28. The summed E-state index contributed by atoms with van der Waals surface area (Å²) in [5, 5.41) is 3.49. The van der Waals surface area contributed by atoms with Crippen molar-refractivity contribution in [3.8, 4) is 0 Å². The number of halogens is 3. The van der Waals surface area contributed by atoms with Crippen molar-refractivity contribution in [2.75, 3.05) is 6.54 Å². The lowest BCUT2D eigenvalue weighted by atomic mass is 9.54. The van der Waals surface area contributed by atoms with Crippen LogP contribution in [0.25, 0.3) is 0 Å². The Labute approximate surface area is 194 Å². The molecular formula is C26H36F3N3O. The van der Waals surface area contributed by atoms with Gasteiger partial charge in [-0.1, -0.05) is 19.4 Å². The number of amides is 1. The lowest BCUT2D eigenvalue weighted by molar-refractivity contribution is -0.141. The second-order valence-electron chi connectivity index (χ2n) is 11.0. The molecule has 6 rings (SSSR count). The van der Waals surface area contributed by atoms with Crippen LogP contribution in [0, 0.1) is 29.6 Å². The molecule has 0 aromatic carbocycles. The average molecular weight is 464 g/mol. The van der Waals surface area contributed by atoms with Gasteiger partial charge in [0.15, 0.2) is 0 Å². The minimum Gasteiger partial charge on any atom is -0.353 e. The van der Waals surface area contributed by atoms with E-state index in [0.29, 0.717) is 30.1 Å². The van der Waals surface area contributed by atoms with Crippen molar-refractivity contribution in [2.45, 2.75) is 89.5 Å². The van der Waals surface area contributed by atoms with E-state index in [1.807, 2.05) is 0 Å². The number of piperidine rings is 1. The number of rotatable bonds is 6. The predicted molar refractivity (Wildman–Crippen MR) is 120 cm³/mol. The normalized spacial score (nSPS) is 34.9. The van der Waals surface area contributed by atoms with Crippen LogP contribution < -0.4 is 5.32 Å². The van der Waals surface area contributed by atoms with Crippen LogP contribution in [0.4, 0.5) is 13.2 Å². The van der Waals surface area contributed by atoms with E-state index in [-0.39, 0.29) is 17.9 Å². The highest BCUT2D eigenvalue weighted by Crippen LogP contribution is 2.53. The van der Waals surface area contributed by atoms with Crippen LogP contribution in [-0.4, -0.2) is 34.4 Å². The third-order valence-electron chi connectivity index (χ3n) is 8.90. The number of aromatic nitrogens is 1. The van der Waals surface area contributed by atoms with Crippen molar-refractivity contribution < 1.29 is 18.0 Å². The number of hydrogen-bond donors (Lipinski definition) is 1. The summed E-state index contributed by atoms with van der Waals surface area (Å²) in [6, 6.07) is 4.49. The van der Waals surface area contributed by atoms with Gasteiger partial charge in [-0.05, 0) is 93.7 Å². The van der Waals surface area contributed by atoms with E-state index in [0.717, 1.165) is 50.1 Å². The van der Waals surface area contributed by atoms with Crippen molar-refractivity contribution in [3.05, 3.63) is 29.6 Å². The van der Waals surface area contributed by atoms with Crippen molar-refractivity contribution in [3.63, 3.8) is 0 Å². The van der Waals surface area contributed by atoms with Gasteiger partial charge >= 0.3 is 6.18 Å². The molecule has 182 valence electrons. The van der Waals surface area contributed by atoms with Gasteiger partial charge in [0.1, 0.15) is 5.69 Å². The number of alkyl halides is 3. The fourth-order valence-corrected chi connectivity index (χ4v) is 7.67. The third-order valence-corrected chi connectivity index (χ3v) is 8.90. The predicted octanol–water partition coefficient (Wildman–Crippen LogP) is 5.42. The molecule has 1 aromatic heterocycles. The summed E-state index contributed by atoms with van der Waals surface area (Å²) < 4.78 is 39.4. The third kappa shape index (κ3) is 4.80. The molecule has 2 unspecified atom stereocenters. The standard InChI is InChI=1S/C26H36F3N3O/c1-2-21(25(33)31-24-18-11-16-10-17(13-18)14-19(24)12-16)22-7-3-4-9-32(22)15-20-6-5-8-23(30-20)26(27,28)29/h5-6,8,16-19,21-22,24H,2-4,7,9-15H2,1H3,(H,31,33). The van der Waals surface area contributed by atoms with Crippen LogP contribution in [0.3, 0.4) is 0 Å². The van der Waals surface area contributed by atoms with Gasteiger partial charge in [-0.2, -0.15) is 13.2 Å². The molecule has 4 nitrogen and oxygen atoms in total. The lowest BCUT2D eigenvalue weighted by Crippen LogP contribution is -2.58. The van der Waals surface area contributed by atoms with E-state index < -0.39 is 11.9 Å². The zero-order valence-electron chi connectivity index (χ0n) is 19.5. The van der Waals surface area contributed by atoms with Crippen LogP contribution in [0.15, 0.2) is 18.2 Å². The number of likely N-dealkylation sites (tertiary alicyclic amines) is 1. The number of hydrogen-bond acceptors (Lipinski definition) is 3. The van der Waals surface area contributed by atoms with E-state index in [4.69, 9.17) is 0 Å². The summed E-state index contributed by atoms with van der Waals surface area (Å²) >= 11 is 0. The van der Waals surface area contributed by atoms with Crippen molar-refractivity contribution in [1.82, 2.24) is 15.2 Å². The first-order valence-corrected chi connectivity index (χ1v) is 12.9. The SMILES string of the molecule is CCC(C(=O)NC1C2CC3CC(C2)CC1C3)C1CCCCN1Cc1cccc(C(F)(F)F)n1. The Morgan fingerprint density at radius 3 is 2.45 bits per heavy atom. The quantitative estimate of drug-likeness (QED) is 0.613. The fourth-order valence-electron chi connectivity index (χ4n) is 7.67. The fraction of sp³-hybridized carbons (Fsp3) is 0.769. The van der Waals surface area contributed by atoms with E-state index >= 15 is 0 Å². The highest BCUT2D eigenvalue weighted by molar-refractivity contribution is 5.79. The molecule has 5 aliphatic rings. The van der Waals surface area contributed by atoms with Crippen LogP contribution in [0.5, 0.6) is 0 Å². The van der Waals surface area contributed by atoms with Gasteiger partial charge in [0.05, 0.1) is 11.6 Å². The molecule has 2 atom stereocenters. The van der Waals surface area contributed by atoms with Gasteiger partial charge in [0.2, 0.25) is 5.91 Å². The van der Waals surface area contributed by atoms with Crippen LogP contribution in [-0.2, 0) is 17.5 Å². The number of nitrogens with zero attached hydrogens (tertiary/aromatic N) is 2. The zero-order valence-corrected chi connectivity index (χ0v) is 19.5. The Kier molecular flexibility index (Phi) is 6.45. The first-order chi connectivity index (χ1) is 15.8. The maximum Gasteiger partial charge on any atom is 0.433 e. The Morgan fingerprint density at radius 1 is 1.12 bits per heavy atom. The van der Waals surface area contributed by atoms with Crippen molar-refractivity contribution in [1.29, 1.82) is 0 Å². The van der Waals surface area contributed by atoms with Gasteiger partial charge in [-0.25, -0.2) is 4.98 Å². The van der Waals surface area contributed by atoms with Gasteiger partial charge in [-0.3, -0.25) is 9.69 Å². The first kappa shape index (κ1) is 23.1. The van der Waals surface area contributed by atoms with E-state index in [1.54, 1.807) is 6.07 Å². The minimum absolute atomic E-state index is 0.0527. The topological polar surface area (TPSA) is 45.2 Å². The molecule has 4 aliphatic carbocycles. The smallest absolute Gasteiger partial charge is 0.353 e. The van der Waals surface area contributed by atoms with Gasteiger partial charge in [-0.15, -0.1) is 0 Å². The summed E-state index contributed by atoms with van der Waals surface area (Å²) in [6.45, 7) is 3.22. The van der Waals surface area contributed by atoms with Gasteiger partial charge in [0, 0.05) is 18.6 Å². The van der Waals surface area contributed by atoms with E-state index in [1.165, 1.54) is 38.2 Å². The zero-order chi connectivity index (χ0) is 23.2. The molecule has 4 saturated carbocycles. The van der Waals surface area contributed by atoms with Gasteiger partial charge in [0.25, 0.3) is 0 Å². The molecule has 7 heteroatoms. The average Bonchev–Trinajstić information content (AvgIpc) is 2.77. The summed E-state index contributed by atoms with van der Waals surface area (Å²) in [5.74, 6) is 3.05. The summed E-state index contributed by atoms with van der Waals surface area (Å²) in [4.78, 5) is 19.6. The van der Waals surface area contributed by atoms with Crippen LogP contribution >= 0.6 is 0 Å². The molecule has 1 aliphatic heterocycles. The van der Waals surface area contributed by atoms with Crippen LogP contribution in [0.1, 0.15) is 76.1 Å². The maximum absolute atomic E-state index is 13.5. The first-order valence-electron chi connectivity index (χ1n) is 12.9. The van der Waals surface area contributed by atoms with Gasteiger partial charge < -0.3 is 5.32 Å². The molecule has 33 heavy (non-hydrogen) atoms. The molecule has 0 radical (unpaired) electrons. The number of carbonyl (C=O) groups is 1. The Bertz CT molecular complexity index is 829. The lowest BCUT2D eigenvalue weighted by Gasteiger charge is -2.54. The van der Waals surface area contributed by atoms with E-state index in [9.17, 15) is 18.0 Å². The molecule has 1 aromatic rings. The molecule has 5 fully saturated rings. The molecule has 1 N–H and O–H groups in total. The highest BCUT2D eigenvalue weighted by Gasteiger charge is 2.49. The van der Waals surface area contributed by atoms with Crippen LogP contribution in [0.2, 0.25) is 0 Å². The Hall–Kier alpha value is -1.63. The monoisotopic (exact) mass is 463 g/mol. The maximum atomic E-state index is 13.5. The summed E-state index contributed by atoms with van der Waals surface area (Å²) in [5.41, 5.74) is -0.423. The molecule has 4 bridgehead atoms.